The van der Waals surface area contributed by atoms with Crippen LogP contribution in [0.5, 0.6) is 0 Å². The predicted molar refractivity (Wildman–Crippen MR) is 101 cm³/mol. The van der Waals surface area contributed by atoms with Crippen LogP contribution in [0.1, 0.15) is 27.0 Å². The number of carbonyl (C=O) groups excluding carboxylic acids is 2. The number of amides is 2. The molecule has 1 heterocycles. The van der Waals surface area contributed by atoms with Gasteiger partial charge >= 0.3 is 0 Å². The number of aryl methyl sites for hydroxylation is 2. The van der Waals surface area contributed by atoms with Gasteiger partial charge in [0.25, 0.3) is 5.91 Å². The molecule has 0 aliphatic carbocycles. The van der Waals surface area contributed by atoms with Crippen molar-refractivity contribution in [2.75, 3.05) is 31.6 Å². The molecule has 0 unspecified atom stereocenters. The minimum absolute atomic E-state index is 0.111. The highest BCUT2D eigenvalue weighted by molar-refractivity contribution is 6.05. The summed E-state index contributed by atoms with van der Waals surface area (Å²) in [5.74, 6) is -0.0139. The minimum atomic E-state index is -0.125. The number of nitrogens with one attached hydrogen (secondary N) is 1. The van der Waals surface area contributed by atoms with Gasteiger partial charge in [-0.05, 0) is 43.2 Å². The molecule has 2 aromatic rings. The van der Waals surface area contributed by atoms with Crippen molar-refractivity contribution >= 4 is 17.5 Å². The minimum Gasteiger partial charge on any atom is -0.378 e. The summed E-state index contributed by atoms with van der Waals surface area (Å²) in [5.41, 5.74) is 4.41. The van der Waals surface area contributed by atoms with Crippen molar-refractivity contribution in [3.63, 3.8) is 0 Å². The molecule has 136 valence electrons. The molecular formula is C21H24N2O3. The summed E-state index contributed by atoms with van der Waals surface area (Å²) in [7, 11) is 0. The van der Waals surface area contributed by atoms with Gasteiger partial charge in [-0.3, -0.25) is 9.59 Å². The van der Waals surface area contributed by atoms with Crippen LogP contribution in [0.2, 0.25) is 0 Å². The van der Waals surface area contributed by atoms with Crippen molar-refractivity contribution in [3.8, 4) is 0 Å². The second-order valence-corrected chi connectivity index (χ2v) is 6.64. The largest absolute Gasteiger partial charge is 0.378 e. The molecule has 2 aromatic carbocycles. The molecule has 3 rings (SSSR count). The second-order valence-electron chi connectivity index (χ2n) is 6.64. The van der Waals surface area contributed by atoms with E-state index < -0.39 is 0 Å². The molecular weight excluding hydrogens is 328 g/mol. The Balaban J connectivity index is 1.60. The van der Waals surface area contributed by atoms with Crippen LogP contribution in [-0.2, 0) is 16.0 Å². The van der Waals surface area contributed by atoms with Crippen molar-refractivity contribution in [3.05, 3.63) is 64.7 Å². The fourth-order valence-corrected chi connectivity index (χ4v) is 3.07. The molecule has 0 radical (unpaired) electrons. The number of carbonyl (C=O) groups is 2. The molecule has 0 aromatic heterocycles. The Bertz CT molecular complexity index is 793. The van der Waals surface area contributed by atoms with Crippen LogP contribution < -0.4 is 5.32 Å². The summed E-state index contributed by atoms with van der Waals surface area (Å²) in [6.45, 7) is 6.46. The summed E-state index contributed by atoms with van der Waals surface area (Å²) in [4.78, 5) is 26.5. The zero-order valence-electron chi connectivity index (χ0n) is 15.2. The number of nitrogens with zero attached hydrogens (tertiary/aromatic N) is 1. The van der Waals surface area contributed by atoms with Gasteiger partial charge in [0, 0.05) is 24.3 Å². The van der Waals surface area contributed by atoms with Gasteiger partial charge in [-0.25, -0.2) is 0 Å². The summed E-state index contributed by atoms with van der Waals surface area (Å²) >= 11 is 0. The lowest BCUT2D eigenvalue weighted by Crippen LogP contribution is -2.41. The van der Waals surface area contributed by atoms with Crippen molar-refractivity contribution in [2.45, 2.75) is 20.3 Å². The van der Waals surface area contributed by atoms with E-state index in [0.717, 1.165) is 22.4 Å². The zero-order chi connectivity index (χ0) is 18.5. The topological polar surface area (TPSA) is 58.6 Å². The Morgan fingerprint density at radius 1 is 1.04 bits per heavy atom. The van der Waals surface area contributed by atoms with E-state index in [4.69, 9.17) is 4.74 Å². The fraction of sp³-hybridized carbons (Fsp3) is 0.333. The highest BCUT2D eigenvalue weighted by Crippen LogP contribution is 2.15. The number of hydrogen-bond acceptors (Lipinski definition) is 3. The van der Waals surface area contributed by atoms with Gasteiger partial charge in [-0.1, -0.05) is 29.8 Å². The van der Waals surface area contributed by atoms with E-state index in [1.807, 2.05) is 61.2 Å². The van der Waals surface area contributed by atoms with E-state index in [0.29, 0.717) is 38.3 Å². The molecule has 1 aliphatic rings. The van der Waals surface area contributed by atoms with E-state index in [2.05, 4.69) is 5.32 Å². The summed E-state index contributed by atoms with van der Waals surface area (Å²) in [5, 5.41) is 2.91. The average Bonchev–Trinajstić information content (AvgIpc) is 2.64. The third kappa shape index (κ3) is 4.49. The molecule has 5 heteroatoms. The van der Waals surface area contributed by atoms with Crippen LogP contribution in [0.15, 0.2) is 42.5 Å². The SMILES string of the molecule is Cc1ccc(C(=O)Nc2ccc(CC(=O)N3CCOCC3)cc2)c(C)c1. The van der Waals surface area contributed by atoms with Gasteiger partial charge in [0.2, 0.25) is 5.91 Å². The smallest absolute Gasteiger partial charge is 0.255 e. The van der Waals surface area contributed by atoms with Crippen LogP contribution >= 0.6 is 0 Å². The molecule has 26 heavy (non-hydrogen) atoms. The summed E-state index contributed by atoms with van der Waals surface area (Å²) < 4.78 is 5.27. The van der Waals surface area contributed by atoms with Crippen LogP contribution in [0.4, 0.5) is 5.69 Å². The summed E-state index contributed by atoms with van der Waals surface area (Å²) in [6, 6.07) is 13.2. The normalized spacial score (nSPS) is 14.2. The third-order valence-electron chi connectivity index (χ3n) is 4.56. The van der Waals surface area contributed by atoms with E-state index in [1.54, 1.807) is 0 Å². The Morgan fingerprint density at radius 2 is 1.73 bits per heavy atom. The van der Waals surface area contributed by atoms with Crippen molar-refractivity contribution < 1.29 is 14.3 Å². The first-order chi connectivity index (χ1) is 12.5. The van der Waals surface area contributed by atoms with E-state index >= 15 is 0 Å². The molecule has 1 aliphatic heterocycles. The quantitative estimate of drug-likeness (QED) is 0.920. The molecule has 5 nitrogen and oxygen atoms in total. The first-order valence-electron chi connectivity index (χ1n) is 8.86. The highest BCUT2D eigenvalue weighted by atomic mass is 16.5. The van der Waals surface area contributed by atoms with Gasteiger partial charge in [0.1, 0.15) is 0 Å². The molecule has 0 atom stereocenters. The maximum Gasteiger partial charge on any atom is 0.255 e. The molecule has 1 fully saturated rings. The zero-order valence-corrected chi connectivity index (χ0v) is 15.2. The molecule has 0 spiro atoms. The fourth-order valence-electron chi connectivity index (χ4n) is 3.07. The Hall–Kier alpha value is -2.66. The molecule has 2 amide bonds. The van der Waals surface area contributed by atoms with Crippen LogP contribution in [0.25, 0.3) is 0 Å². The van der Waals surface area contributed by atoms with E-state index in [9.17, 15) is 9.59 Å². The van der Waals surface area contributed by atoms with Crippen molar-refractivity contribution in [1.29, 1.82) is 0 Å². The Labute approximate surface area is 154 Å². The lowest BCUT2D eigenvalue weighted by molar-refractivity contribution is -0.134. The second kappa shape index (κ2) is 8.15. The van der Waals surface area contributed by atoms with Gasteiger partial charge in [0.15, 0.2) is 0 Å². The molecule has 1 saturated heterocycles. The third-order valence-corrected chi connectivity index (χ3v) is 4.56. The molecule has 0 bridgehead atoms. The number of rotatable bonds is 4. The van der Waals surface area contributed by atoms with Crippen LogP contribution in [0.3, 0.4) is 0 Å². The number of hydrogen-bond donors (Lipinski definition) is 1. The van der Waals surface area contributed by atoms with Crippen molar-refractivity contribution in [2.24, 2.45) is 0 Å². The Kier molecular flexibility index (Phi) is 5.68. The number of anilines is 1. The maximum atomic E-state index is 12.4. The molecule has 1 N–H and O–H groups in total. The monoisotopic (exact) mass is 352 g/mol. The molecule has 0 saturated carbocycles. The maximum absolute atomic E-state index is 12.4. The standard InChI is InChI=1S/C21H24N2O3/c1-15-3-8-19(16(2)13-15)21(25)22-18-6-4-17(5-7-18)14-20(24)23-9-11-26-12-10-23/h3-8,13H,9-12,14H2,1-2H3,(H,22,25). The first kappa shape index (κ1) is 18.1. The lowest BCUT2D eigenvalue weighted by atomic mass is 10.0. The highest BCUT2D eigenvalue weighted by Gasteiger charge is 2.17. The Morgan fingerprint density at radius 3 is 2.38 bits per heavy atom. The van der Waals surface area contributed by atoms with Crippen LogP contribution in [-0.4, -0.2) is 43.0 Å². The van der Waals surface area contributed by atoms with Gasteiger partial charge in [-0.15, -0.1) is 0 Å². The van der Waals surface area contributed by atoms with E-state index in [-0.39, 0.29) is 11.8 Å². The van der Waals surface area contributed by atoms with Gasteiger partial charge in [-0.2, -0.15) is 0 Å². The van der Waals surface area contributed by atoms with Crippen LogP contribution in [0, 0.1) is 13.8 Å². The predicted octanol–water partition coefficient (Wildman–Crippen LogP) is 2.96. The van der Waals surface area contributed by atoms with Gasteiger partial charge in [0.05, 0.1) is 19.6 Å². The number of morpholine rings is 1. The summed E-state index contributed by atoms with van der Waals surface area (Å²) in [6.07, 6.45) is 0.366. The number of benzene rings is 2. The number of ether oxygens (including phenoxy) is 1. The van der Waals surface area contributed by atoms with Gasteiger partial charge < -0.3 is 15.0 Å². The first-order valence-corrected chi connectivity index (χ1v) is 8.86. The average molecular weight is 352 g/mol. The van der Waals surface area contributed by atoms with Crippen molar-refractivity contribution in [1.82, 2.24) is 4.90 Å². The van der Waals surface area contributed by atoms with E-state index in [1.165, 1.54) is 0 Å². The lowest BCUT2D eigenvalue weighted by Gasteiger charge is -2.26.